The van der Waals surface area contributed by atoms with Gasteiger partial charge in [-0.15, -0.1) is 0 Å². The van der Waals surface area contributed by atoms with Crippen LogP contribution in [0.2, 0.25) is 0 Å². The second kappa shape index (κ2) is 13.0. The molecule has 224 valence electrons. The van der Waals surface area contributed by atoms with Crippen molar-refractivity contribution in [3.63, 3.8) is 0 Å². The first-order valence-electron chi connectivity index (χ1n) is 14.4. The molecule has 6 rings (SSSR count). The summed E-state index contributed by atoms with van der Waals surface area (Å²) in [5.41, 5.74) is 15.5. The molecule has 0 saturated carbocycles. The molecule has 7 heteroatoms. The third-order valence-electron chi connectivity index (χ3n) is 7.28. The van der Waals surface area contributed by atoms with Crippen LogP contribution in [0, 0.1) is 0 Å². The number of anilines is 2. The van der Waals surface area contributed by atoms with Gasteiger partial charge in [0.1, 0.15) is 23.0 Å². The number of benzene rings is 6. The van der Waals surface area contributed by atoms with Gasteiger partial charge in [-0.2, -0.15) is 0 Å². The third-order valence-corrected chi connectivity index (χ3v) is 7.28. The van der Waals surface area contributed by atoms with Gasteiger partial charge in [0, 0.05) is 44.8 Å². The van der Waals surface area contributed by atoms with E-state index in [0.717, 1.165) is 0 Å². The quantitative estimate of drug-likeness (QED) is 0.120. The Morgan fingerprint density at radius 1 is 0.304 bits per heavy atom. The molecule has 6 aromatic carbocycles. The van der Waals surface area contributed by atoms with E-state index in [9.17, 15) is 14.4 Å². The summed E-state index contributed by atoms with van der Waals surface area (Å²) in [5, 5.41) is 0. The summed E-state index contributed by atoms with van der Waals surface area (Å²) in [7, 11) is 0. The number of nitrogens with two attached hydrogens (primary N) is 2. The minimum atomic E-state index is -0.216. The van der Waals surface area contributed by atoms with Crippen molar-refractivity contribution >= 4 is 28.7 Å². The second-order valence-electron chi connectivity index (χ2n) is 10.5. The number of rotatable bonds is 10. The maximum absolute atomic E-state index is 13.1. The molecule has 0 heterocycles. The van der Waals surface area contributed by atoms with Crippen LogP contribution in [-0.2, 0) is 0 Å². The summed E-state index contributed by atoms with van der Waals surface area (Å²) in [6.45, 7) is 0. The van der Waals surface area contributed by atoms with E-state index < -0.39 is 0 Å². The van der Waals surface area contributed by atoms with Gasteiger partial charge in [0.15, 0.2) is 17.3 Å². The molecule has 0 aliphatic rings. The van der Waals surface area contributed by atoms with Gasteiger partial charge < -0.3 is 20.9 Å². The van der Waals surface area contributed by atoms with Crippen LogP contribution >= 0.6 is 0 Å². The van der Waals surface area contributed by atoms with Gasteiger partial charge in [0.25, 0.3) is 0 Å². The summed E-state index contributed by atoms with van der Waals surface area (Å²) >= 11 is 0. The molecule has 4 N–H and O–H groups in total. The molecule has 0 radical (unpaired) electrons. The maximum Gasteiger partial charge on any atom is 0.193 e. The molecule has 7 nitrogen and oxygen atoms in total. The van der Waals surface area contributed by atoms with Gasteiger partial charge in [0.2, 0.25) is 0 Å². The number of ketones is 3. The van der Waals surface area contributed by atoms with Crippen LogP contribution in [0.1, 0.15) is 47.8 Å². The topological polar surface area (TPSA) is 122 Å². The fourth-order valence-electron chi connectivity index (χ4n) is 4.74. The highest BCUT2D eigenvalue weighted by Crippen LogP contribution is 2.25. The van der Waals surface area contributed by atoms with E-state index in [0.29, 0.717) is 67.8 Å². The summed E-state index contributed by atoms with van der Waals surface area (Å²) < 4.78 is 11.6. The van der Waals surface area contributed by atoms with Crippen LogP contribution in [0.15, 0.2) is 146 Å². The van der Waals surface area contributed by atoms with Crippen LogP contribution in [0.3, 0.4) is 0 Å². The summed E-state index contributed by atoms with van der Waals surface area (Å²) in [6, 6.07) is 40.8. The monoisotopic (exact) mass is 604 g/mol. The molecule has 6 aromatic rings. The predicted molar refractivity (Wildman–Crippen MR) is 178 cm³/mol. The maximum atomic E-state index is 13.1. The van der Waals surface area contributed by atoms with E-state index in [1.807, 2.05) is 0 Å². The molecule has 0 fully saturated rings. The SMILES string of the molecule is Nc1ccc(Oc2ccc(C(=O)c3ccc(C(=O)c4ccc(C(=O)c5ccc(Oc6ccc(N)cc6)cc5)cc4)cc3)cc2)cc1. The third kappa shape index (κ3) is 6.85. The highest BCUT2D eigenvalue weighted by molar-refractivity contribution is 6.13. The minimum absolute atomic E-state index is 0.175. The van der Waals surface area contributed by atoms with Crippen molar-refractivity contribution in [2.75, 3.05) is 11.5 Å². The molecule has 46 heavy (non-hydrogen) atoms. The van der Waals surface area contributed by atoms with Crippen molar-refractivity contribution in [1.82, 2.24) is 0 Å². The molecule has 0 aliphatic heterocycles. The van der Waals surface area contributed by atoms with E-state index in [2.05, 4.69) is 0 Å². The number of hydrogen-bond acceptors (Lipinski definition) is 7. The zero-order valence-electron chi connectivity index (χ0n) is 24.6. The number of hydrogen-bond donors (Lipinski definition) is 2. The lowest BCUT2D eigenvalue weighted by atomic mass is 9.97. The molecule has 0 atom stereocenters. The second-order valence-corrected chi connectivity index (χ2v) is 10.5. The van der Waals surface area contributed by atoms with Gasteiger partial charge in [0.05, 0.1) is 0 Å². The van der Waals surface area contributed by atoms with Crippen molar-refractivity contribution in [2.45, 2.75) is 0 Å². The van der Waals surface area contributed by atoms with E-state index >= 15 is 0 Å². The van der Waals surface area contributed by atoms with Crippen LogP contribution in [-0.4, -0.2) is 17.3 Å². The highest BCUT2D eigenvalue weighted by atomic mass is 16.5. The zero-order chi connectivity index (χ0) is 32.0. The molecule has 0 saturated heterocycles. The van der Waals surface area contributed by atoms with E-state index in [-0.39, 0.29) is 17.3 Å². The molecule has 0 amide bonds. The summed E-state index contributed by atoms with van der Waals surface area (Å²) in [5.74, 6) is 1.90. The molecule has 0 bridgehead atoms. The lowest BCUT2D eigenvalue weighted by molar-refractivity contribution is 0.102. The Hall–Kier alpha value is -6.47. The molecular formula is C39H28N2O5. The van der Waals surface area contributed by atoms with Gasteiger partial charge in [-0.3, -0.25) is 14.4 Å². The fourth-order valence-corrected chi connectivity index (χ4v) is 4.74. The van der Waals surface area contributed by atoms with E-state index in [1.165, 1.54) is 0 Å². The van der Waals surface area contributed by atoms with Gasteiger partial charge >= 0.3 is 0 Å². The highest BCUT2D eigenvalue weighted by Gasteiger charge is 2.15. The Labute approximate surface area is 265 Å². The van der Waals surface area contributed by atoms with Crippen molar-refractivity contribution in [2.24, 2.45) is 0 Å². The Morgan fingerprint density at radius 2 is 0.478 bits per heavy atom. The van der Waals surface area contributed by atoms with Crippen molar-refractivity contribution in [3.8, 4) is 23.0 Å². The normalized spacial score (nSPS) is 10.6. The molecule has 0 aromatic heterocycles. The Bertz CT molecular complexity index is 1850. The van der Waals surface area contributed by atoms with Crippen LogP contribution < -0.4 is 20.9 Å². The Kier molecular flexibility index (Phi) is 8.38. The van der Waals surface area contributed by atoms with Crippen LogP contribution in [0.25, 0.3) is 0 Å². The Morgan fingerprint density at radius 3 is 0.696 bits per heavy atom. The molecule has 0 spiro atoms. The lowest BCUT2D eigenvalue weighted by Crippen LogP contribution is -2.06. The standard InChI is InChI=1S/C39H28N2O5/c40-31-13-21-35(22-14-31)45-33-17-9-29(10-18-33)38(43)27-5-1-25(2-6-27)37(42)26-3-7-28(8-4-26)39(44)30-11-19-34(20-12-30)46-36-23-15-32(41)16-24-36/h1-24H,40-41H2. The average molecular weight is 605 g/mol. The number of carbonyl (C=O) groups excluding carboxylic acids is 3. The largest absolute Gasteiger partial charge is 0.457 e. The fraction of sp³-hybridized carbons (Fsp3) is 0. The van der Waals surface area contributed by atoms with Gasteiger partial charge in [-0.1, -0.05) is 48.5 Å². The lowest BCUT2D eigenvalue weighted by Gasteiger charge is -2.08. The average Bonchev–Trinajstić information content (AvgIpc) is 3.10. The first-order chi connectivity index (χ1) is 22.3. The first-order valence-corrected chi connectivity index (χ1v) is 14.4. The molecule has 0 aliphatic carbocycles. The summed E-state index contributed by atoms with van der Waals surface area (Å²) in [6.07, 6.45) is 0. The van der Waals surface area contributed by atoms with Crippen molar-refractivity contribution < 1.29 is 23.9 Å². The van der Waals surface area contributed by atoms with Crippen molar-refractivity contribution in [1.29, 1.82) is 0 Å². The van der Waals surface area contributed by atoms with E-state index in [1.54, 1.807) is 146 Å². The van der Waals surface area contributed by atoms with Crippen molar-refractivity contribution in [3.05, 3.63) is 179 Å². The Balaban J connectivity index is 1.07. The minimum Gasteiger partial charge on any atom is -0.457 e. The number of carbonyl (C=O) groups is 3. The van der Waals surface area contributed by atoms with Gasteiger partial charge in [-0.05, 0) is 97.1 Å². The number of ether oxygens (including phenoxy) is 2. The van der Waals surface area contributed by atoms with Crippen LogP contribution in [0.4, 0.5) is 11.4 Å². The van der Waals surface area contributed by atoms with E-state index in [4.69, 9.17) is 20.9 Å². The zero-order valence-corrected chi connectivity index (χ0v) is 24.6. The molecular weight excluding hydrogens is 576 g/mol. The first kappa shape index (κ1) is 29.6. The molecule has 0 unspecified atom stereocenters. The smallest absolute Gasteiger partial charge is 0.193 e. The van der Waals surface area contributed by atoms with Crippen LogP contribution in [0.5, 0.6) is 23.0 Å². The predicted octanol–water partition coefficient (Wildman–Crippen LogP) is 8.13. The number of nitrogen functional groups attached to an aromatic ring is 2. The summed E-state index contributed by atoms with van der Waals surface area (Å²) in [4.78, 5) is 39.3. The van der Waals surface area contributed by atoms with Gasteiger partial charge in [-0.25, -0.2) is 0 Å².